The fourth-order valence-electron chi connectivity index (χ4n) is 6.58. The third-order valence-corrected chi connectivity index (χ3v) is 8.10. The van der Waals surface area contributed by atoms with E-state index in [9.17, 15) is 19.8 Å². The summed E-state index contributed by atoms with van der Waals surface area (Å²) in [7, 11) is 0. The minimum Gasteiger partial charge on any atom is -0.388 e. The molecule has 0 aliphatic heterocycles. The second kappa shape index (κ2) is 5.49. The molecule has 4 aliphatic carbocycles. The minimum absolute atomic E-state index is 0.0644. The zero-order chi connectivity index (χ0) is 18.9. The number of fused-ring (bicyclic) bond motifs is 5. The number of carbonyl (C=O) groups excluding carboxylic acids is 2. The molecule has 4 aliphatic rings. The van der Waals surface area contributed by atoms with Crippen molar-refractivity contribution in [1.82, 2.24) is 0 Å². The van der Waals surface area contributed by atoms with Crippen LogP contribution in [-0.4, -0.2) is 34.0 Å². The second-order valence-electron chi connectivity index (χ2n) is 9.12. The summed E-state index contributed by atoms with van der Waals surface area (Å²) in [5.74, 6) is -0.0376. The fraction of sp³-hybridized carbons (Fsp3) is 0.636. The highest BCUT2D eigenvalue weighted by Crippen LogP contribution is 2.66. The van der Waals surface area contributed by atoms with Gasteiger partial charge < -0.3 is 10.2 Å². The van der Waals surface area contributed by atoms with Crippen LogP contribution in [0.15, 0.2) is 35.5 Å². The number of allylic oxidation sites excluding steroid dienone is 6. The van der Waals surface area contributed by atoms with Crippen molar-refractivity contribution in [3.8, 4) is 0 Å². The van der Waals surface area contributed by atoms with Crippen LogP contribution in [0, 0.1) is 28.6 Å². The van der Waals surface area contributed by atoms with E-state index < -0.39 is 23.4 Å². The number of Topliss-reactive ketones (excluding diaryl/α,β-unsaturated/α-hetero) is 1. The predicted molar refractivity (Wildman–Crippen MR) is 98.2 cm³/mol. The maximum Gasteiger partial charge on any atom is 0.190 e. The number of rotatable bonds is 2. The Morgan fingerprint density at radius 2 is 2.08 bits per heavy atom. The van der Waals surface area contributed by atoms with Crippen LogP contribution in [0.1, 0.15) is 46.5 Å². The summed E-state index contributed by atoms with van der Waals surface area (Å²) >= 11 is 0. The van der Waals surface area contributed by atoms with E-state index in [1.807, 2.05) is 19.9 Å². The lowest BCUT2D eigenvalue weighted by molar-refractivity contribution is -0.161. The highest BCUT2D eigenvalue weighted by Gasteiger charge is 2.66. The number of aliphatic hydroxyl groups is 2. The van der Waals surface area contributed by atoms with Gasteiger partial charge in [0.05, 0.1) is 0 Å². The van der Waals surface area contributed by atoms with Crippen LogP contribution in [0.25, 0.3) is 0 Å². The number of hydrogen-bond donors (Lipinski definition) is 2. The van der Waals surface area contributed by atoms with Gasteiger partial charge in [-0.3, -0.25) is 9.59 Å². The van der Waals surface area contributed by atoms with Crippen LogP contribution in [0.2, 0.25) is 0 Å². The van der Waals surface area contributed by atoms with E-state index in [0.29, 0.717) is 12.3 Å². The van der Waals surface area contributed by atoms with E-state index in [0.717, 1.165) is 19.3 Å². The monoisotopic (exact) mass is 356 g/mol. The van der Waals surface area contributed by atoms with Gasteiger partial charge in [0.1, 0.15) is 12.2 Å². The topological polar surface area (TPSA) is 74.6 Å². The zero-order valence-electron chi connectivity index (χ0n) is 15.8. The first-order chi connectivity index (χ1) is 12.2. The Hall–Kier alpha value is -1.52. The molecule has 0 aromatic heterocycles. The lowest BCUT2D eigenvalue weighted by atomic mass is 9.51. The number of aliphatic hydroxyl groups excluding tert-OH is 1. The van der Waals surface area contributed by atoms with Crippen LogP contribution < -0.4 is 0 Å². The first kappa shape index (κ1) is 17.9. The van der Waals surface area contributed by atoms with Gasteiger partial charge >= 0.3 is 0 Å². The van der Waals surface area contributed by atoms with Crippen molar-refractivity contribution in [3.63, 3.8) is 0 Å². The molecule has 2 N–H and O–H groups in total. The maximum atomic E-state index is 12.5. The number of ketones is 2. The van der Waals surface area contributed by atoms with Gasteiger partial charge in [-0.1, -0.05) is 37.1 Å². The predicted octanol–water partition coefficient (Wildman–Crippen LogP) is 2.75. The lowest BCUT2D eigenvalue weighted by Gasteiger charge is -2.53. The summed E-state index contributed by atoms with van der Waals surface area (Å²) in [5, 5.41) is 20.9. The highest BCUT2D eigenvalue weighted by molar-refractivity contribution is 6.01. The Morgan fingerprint density at radius 1 is 1.35 bits per heavy atom. The normalized spacial score (nSPS) is 46.8. The summed E-state index contributed by atoms with van der Waals surface area (Å²) in [5.41, 5.74) is 0.289. The van der Waals surface area contributed by atoms with E-state index in [1.165, 1.54) is 11.1 Å². The molecule has 4 nitrogen and oxygen atoms in total. The summed E-state index contributed by atoms with van der Waals surface area (Å²) in [4.78, 5) is 24.3. The molecule has 140 valence electrons. The van der Waals surface area contributed by atoms with Crippen LogP contribution in [0.5, 0.6) is 0 Å². The SMILES string of the molecule is C[C@@H]1C[C@@H]2[C@@H]3CCC4=CC(=O)C=C[C@@]4(C)C3=CC[C@@]2(C)[C@@]1(O)C(=O)CO. The summed E-state index contributed by atoms with van der Waals surface area (Å²) < 4.78 is 0. The van der Waals surface area contributed by atoms with Crippen LogP contribution in [0.3, 0.4) is 0 Å². The molecule has 0 radical (unpaired) electrons. The molecule has 0 heterocycles. The number of hydrogen-bond acceptors (Lipinski definition) is 4. The number of carbonyl (C=O) groups is 2. The molecule has 0 aromatic rings. The van der Waals surface area contributed by atoms with Crippen molar-refractivity contribution in [2.75, 3.05) is 6.61 Å². The lowest BCUT2D eigenvalue weighted by Crippen LogP contribution is -2.57. The average Bonchev–Trinajstić information content (AvgIpc) is 2.83. The first-order valence-corrected chi connectivity index (χ1v) is 9.70. The third-order valence-electron chi connectivity index (χ3n) is 8.10. The molecule has 0 unspecified atom stereocenters. The van der Waals surface area contributed by atoms with Gasteiger partial charge in [-0.25, -0.2) is 0 Å². The van der Waals surface area contributed by atoms with Crippen LogP contribution in [0.4, 0.5) is 0 Å². The molecule has 4 heteroatoms. The van der Waals surface area contributed by atoms with Crippen molar-refractivity contribution < 1.29 is 19.8 Å². The largest absolute Gasteiger partial charge is 0.388 e. The van der Waals surface area contributed by atoms with Crippen LogP contribution >= 0.6 is 0 Å². The highest BCUT2D eigenvalue weighted by atomic mass is 16.3. The Balaban J connectivity index is 1.79. The fourth-order valence-corrected chi connectivity index (χ4v) is 6.58. The molecule has 0 bridgehead atoms. The Labute approximate surface area is 154 Å². The van der Waals surface area contributed by atoms with E-state index in [1.54, 1.807) is 12.2 Å². The van der Waals surface area contributed by atoms with Gasteiger partial charge in [-0.15, -0.1) is 0 Å². The molecule has 0 amide bonds. The van der Waals surface area contributed by atoms with Gasteiger partial charge in [0.25, 0.3) is 0 Å². The first-order valence-electron chi connectivity index (χ1n) is 9.70. The Kier molecular flexibility index (Phi) is 3.78. The molecule has 4 rings (SSSR count). The van der Waals surface area contributed by atoms with Crippen molar-refractivity contribution in [1.29, 1.82) is 0 Å². The van der Waals surface area contributed by atoms with E-state index in [4.69, 9.17) is 0 Å². The standard InChI is InChI=1S/C22H28O4/c1-13-10-18-16-5-4-14-11-15(24)6-8-20(14,2)17(16)7-9-21(18,3)22(13,26)19(25)12-23/h6-8,11,13,16,18,23,26H,4-5,9-10,12H2,1-3H3/t13-,16-,18-,20-,21-,22+/m1/s1. The van der Waals surface area contributed by atoms with E-state index in [-0.39, 0.29) is 23.0 Å². The molecule has 2 fully saturated rings. The van der Waals surface area contributed by atoms with E-state index >= 15 is 0 Å². The molecule has 0 saturated heterocycles. The molecular weight excluding hydrogens is 328 g/mol. The van der Waals surface area contributed by atoms with E-state index in [2.05, 4.69) is 13.0 Å². The molecule has 2 saturated carbocycles. The van der Waals surface area contributed by atoms with Crippen molar-refractivity contribution in [3.05, 3.63) is 35.5 Å². The quantitative estimate of drug-likeness (QED) is 0.746. The Bertz CT molecular complexity index is 775. The zero-order valence-corrected chi connectivity index (χ0v) is 15.8. The summed E-state index contributed by atoms with van der Waals surface area (Å²) in [6, 6.07) is 0. The van der Waals surface area contributed by atoms with Crippen LogP contribution in [-0.2, 0) is 9.59 Å². The van der Waals surface area contributed by atoms with Gasteiger partial charge in [0, 0.05) is 10.8 Å². The maximum absolute atomic E-state index is 12.5. The molecular formula is C22H28O4. The minimum atomic E-state index is -1.47. The smallest absolute Gasteiger partial charge is 0.190 e. The average molecular weight is 356 g/mol. The molecule has 26 heavy (non-hydrogen) atoms. The van der Waals surface area contributed by atoms with Crippen molar-refractivity contribution in [2.24, 2.45) is 28.6 Å². The Morgan fingerprint density at radius 3 is 2.77 bits per heavy atom. The van der Waals surface area contributed by atoms with Gasteiger partial charge in [-0.2, -0.15) is 0 Å². The molecule has 0 spiro atoms. The third kappa shape index (κ3) is 1.97. The molecule has 0 aromatic carbocycles. The van der Waals surface area contributed by atoms with Gasteiger partial charge in [0.15, 0.2) is 11.6 Å². The second-order valence-corrected chi connectivity index (χ2v) is 9.12. The summed E-state index contributed by atoms with van der Waals surface area (Å²) in [6.45, 7) is 5.54. The van der Waals surface area contributed by atoms with Crippen molar-refractivity contribution in [2.45, 2.75) is 52.1 Å². The van der Waals surface area contributed by atoms with Gasteiger partial charge in [-0.05, 0) is 62.5 Å². The van der Waals surface area contributed by atoms with Gasteiger partial charge in [0.2, 0.25) is 0 Å². The van der Waals surface area contributed by atoms with Crippen molar-refractivity contribution >= 4 is 11.6 Å². The molecule has 6 atom stereocenters. The summed E-state index contributed by atoms with van der Waals surface area (Å²) in [6.07, 6.45) is 10.9.